The molecule has 0 aromatic heterocycles. The summed E-state index contributed by atoms with van der Waals surface area (Å²) in [5, 5.41) is 9.72. The van der Waals surface area contributed by atoms with Gasteiger partial charge in [-0.2, -0.15) is 4.65 Å². The highest BCUT2D eigenvalue weighted by Crippen LogP contribution is 2.14. The third-order valence-corrected chi connectivity index (χ3v) is 3.55. The van der Waals surface area contributed by atoms with Gasteiger partial charge < -0.3 is 17.0 Å². The smallest absolute Gasteiger partial charge is 0.116 e. The summed E-state index contributed by atoms with van der Waals surface area (Å²) in [5.41, 5.74) is 0. The van der Waals surface area contributed by atoms with Crippen molar-refractivity contribution < 1.29 is 26.8 Å². The first-order chi connectivity index (χ1) is 7.48. The van der Waals surface area contributed by atoms with Crippen LogP contribution in [0.5, 0.6) is 0 Å². The third kappa shape index (κ3) is 12.6. The first kappa shape index (κ1) is 19.7. The molecule has 0 heterocycles. The Balaban J connectivity index is 0. The van der Waals surface area contributed by atoms with Gasteiger partial charge in [-0.1, -0.05) is 51.9 Å². The van der Waals surface area contributed by atoms with E-state index < -0.39 is 0 Å². The Morgan fingerprint density at radius 3 is 1.71 bits per heavy atom. The van der Waals surface area contributed by atoms with Gasteiger partial charge in [0.05, 0.1) is 14.1 Å². The van der Waals surface area contributed by atoms with E-state index in [1.165, 1.54) is 51.4 Å². The van der Waals surface area contributed by atoms with Crippen LogP contribution in [0.2, 0.25) is 0 Å². The van der Waals surface area contributed by atoms with Crippen molar-refractivity contribution in [3.05, 3.63) is 0 Å². The third-order valence-electron chi connectivity index (χ3n) is 3.55. The quantitative estimate of drug-likeness (QED) is 0.367. The summed E-state index contributed by atoms with van der Waals surface area (Å²) in [5.74, 6) is 0. The highest BCUT2D eigenvalue weighted by molar-refractivity contribution is 4.51. The highest BCUT2D eigenvalue weighted by Gasteiger charge is 2.20. The Morgan fingerprint density at radius 1 is 0.882 bits per heavy atom. The van der Waals surface area contributed by atoms with Crippen LogP contribution < -0.4 is 17.0 Å². The van der Waals surface area contributed by atoms with Crippen LogP contribution in [-0.2, 0) is 0 Å². The minimum atomic E-state index is 0. The van der Waals surface area contributed by atoms with Crippen molar-refractivity contribution >= 4 is 0 Å². The summed E-state index contributed by atoms with van der Waals surface area (Å²) in [6, 6.07) is 0.361. The molecule has 0 aliphatic carbocycles. The van der Waals surface area contributed by atoms with Crippen molar-refractivity contribution in [2.45, 2.75) is 77.7 Å². The second kappa shape index (κ2) is 11.5. The molecule has 0 aliphatic heterocycles. The number of rotatable bonds is 10. The van der Waals surface area contributed by atoms with Gasteiger partial charge in [-0.25, -0.2) is 5.21 Å². The minimum absolute atomic E-state index is 0. The average Bonchev–Trinajstić information content (AvgIpc) is 2.20. The lowest BCUT2D eigenvalue weighted by atomic mass is 10.0. The number of hydrogen-bond acceptors (Lipinski definition) is 1. The van der Waals surface area contributed by atoms with Crippen LogP contribution in [0.1, 0.15) is 71.6 Å². The van der Waals surface area contributed by atoms with Crippen molar-refractivity contribution in [1.82, 2.24) is 0 Å². The van der Waals surface area contributed by atoms with Crippen LogP contribution in [0, 0.1) is 0 Å². The molecule has 0 fully saturated rings. The summed E-state index contributed by atoms with van der Waals surface area (Å²) < 4.78 is 0.108. The summed E-state index contributed by atoms with van der Waals surface area (Å²) in [4.78, 5) is 0. The van der Waals surface area contributed by atoms with Crippen LogP contribution in [0.25, 0.3) is 0 Å². The molecule has 17 heavy (non-hydrogen) atoms. The Hall–Kier alpha value is 0.400. The zero-order valence-electron chi connectivity index (χ0n) is 12.2. The SMILES string of the molecule is CCCCCCCCCCC(C)[N+](C)(C)O.[Br-]. The van der Waals surface area contributed by atoms with Gasteiger partial charge >= 0.3 is 0 Å². The van der Waals surface area contributed by atoms with E-state index in [9.17, 15) is 5.21 Å². The second-order valence-electron chi connectivity index (χ2n) is 5.59. The topological polar surface area (TPSA) is 20.2 Å². The summed E-state index contributed by atoms with van der Waals surface area (Å²) in [7, 11) is 3.71. The van der Waals surface area contributed by atoms with Crippen molar-refractivity contribution in [2.24, 2.45) is 0 Å². The molecular formula is C14H32BrNO. The van der Waals surface area contributed by atoms with Crippen molar-refractivity contribution in [3.8, 4) is 0 Å². The normalized spacial score (nSPS) is 13.2. The lowest BCUT2D eigenvalue weighted by Gasteiger charge is -2.27. The lowest BCUT2D eigenvalue weighted by molar-refractivity contribution is -1.09. The minimum Gasteiger partial charge on any atom is -1.00 e. The highest BCUT2D eigenvalue weighted by atomic mass is 79.9. The maximum absolute atomic E-state index is 9.72. The van der Waals surface area contributed by atoms with Gasteiger partial charge in [0.2, 0.25) is 0 Å². The lowest BCUT2D eigenvalue weighted by Crippen LogP contribution is -3.00. The molecule has 0 saturated heterocycles. The fourth-order valence-electron chi connectivity index (χ4n) is 1.89. The van der Waals surface area contributed by atoms with Gasteiger partial charge in [-0.15, -0.1) is 0 Å². The Bertz CT molecular complexity index is 157. The van der Waals surface area contributed by atoms with Crippen molar-refractivity contribution in [2.75, 3.05) is 14.1 Å². The molecule has 0 aromatic rings. The van der Waals surface area contributed by atoms with E-state index in [2.05, 4.69) is 13.8 Å². The predicted octanol–water partition coefficient (Wildman–Crippen LogP) is 1.38. The molecule has 1 N–H and O–H groups in total. The second-order valence-corrected chi connectivity index (χ2v) is 5.59. The molecule has 0 amide bonds. The molecule has 0 aromatic carbocycles. The molecule has 0 radical (unpaired) electrons. The molecule has 106 valence electrons. The van der Waals surface area contributed by atoms with Crippen molar-refractivity contribution in [1.29, 1.82) is 0 Å². The van der Waals surface area contributed by atoms with Gasteiger partial charge in [0.1, 0.15) is 6.04 Å². The first-order valence-electron chi connectivity index (χ1n) is 7.05. The molecule has 2 nitrogen and oxygen atoms in total. The number of quaternary nitrogens is 1. The zero-order valence-corrected chi connectivity index (χ0v) is 13.8. The van der Waals surface area contributed by atoms with Crippen molar-refractivity contribution in [3.63, 3.8) is 0 Å². The van der Waals surface area contributed by atoms with Crippen LogP contribution in [-0.4, -0.2) is 30.0 Å². The van der Waals surface area contributed by atoms with Gasteiger partial charge in [0, 0.05) is 6.42 Å². The number of hydrogen-bond donors (Lipinski definition) is 1. The van der Waals surface area contributed by atoms with E-state index in [1.807, 2.05) is 14.1 Å². The van der Waals surface area contributed by atoms with Crippen LogP contribution >= 0.6 is 0 Å². The summed E-state index contributed by atoms with van der Waals surface area (Å²) >= 11 is 0. The van der Waals surface area contributed by atoms with E-state index in [0.717, 1.165) is 6.42 Å². The van der Waals surface area contributed by atoms with Gasteiger partial charge in [-0.05, 0) is 13.3 Å². The monoisotopic (exact) mass is 309 g/mol. The van der Waals surface area contributed by atoms with E-state index in [4.69, 9.17) is 0 Å². The van der Waals surface area contributed by atoms with E-state index >= 15 is 0 Å². The van der Waals surface area contributed by atoms with Crippen LogP contribution in [0.15, 0.2) is 0 Å². The van der Waals surface area contributed by atoms with E-state index in [0.29, 0.717) is 6.04 Å². The molecule has 0 rings (SSSR count). The molecular weight excluding hydrogens is 278 g/mol. The number of hydroxylamine groups is 3. The molecule has 0 spiro atoms. The van der Waals surface area contributed by atoms with Crippen LogP contribution in [0.3, 0.4) is 0 Å². The molecule has 0 bridgehead atoms. The predicted molar refractivity (Wildman–Crippen MR) is 70.6 cm³/mol. The molecule has 1 unspecified atom stereocenters. The summed E-state index contributed by atoms with van der Waals surface area (Å²) in [6.07, 6.45) is 12.0. The number of nitrogens with zero attached hydrogens (tertiary/aromatic N) is 1. The summed E-state index contributed by atoms with van der Waals surface area (Å²) in [6.45, 7) is 4.39. The Kier molecular flexibility index (Phi) is 13.3. The zero-order chi connectivity index (χ0) is 12.4. The maximum atomic E-state index is 9.72. The van der Waals surface area contributed by atoms with Gasteiger partial charge in [0.15, 0.2) is 0 Å². The Morgan fingerprint density at radius 2 is 1.29 bits per heavy atom. The van der Waals surface area contributed by atoms with Gasteiger partial charge in [0.25, 0.3) is 0 Å². The molecule has 0 aliphatic rings. The largest absolute Gasteiger partial charge is 1.00 e. The first-order valence-corrected chi connectivity index (χ1v) is 7.05. The number of unbranched alkanes of at least 4 members (excludes halogenated alkanes) is 7. The van der Waals surface area contributed by atoms with Gasteiger partial charge in [-0.3, -0.25) is 0 Å². The number of halogens is 1. The molecule has 0 saturated carbocycles. The Labute approximate surface area is 119 Å². The average molecular weight is 310 g/mol. The van der Waals surface area contributed by atoms with E-state index in [1.54, 1.807) is 0 Å². The van der Waals surface area contributed by atoms with Crippen LogP contribution in [0.4, 0.5) is 0 Å². The maximum Gasteiger partial charge on any atom is 0.116 e. The fraction of sp³-hybridized carbons (Fsp3) is 1.00. The molecule has 1 atom stereocenters. The standard InChI is InChI=1S/C14H32NO.BrH/c1-5-6-7-8-9-10-11-12-13-14(2)15(3,4)16;/h14,16H,5-13H2,1-4H3;1H/q+1;/p-1. The molecule has 3 heteroatoms. The van der Waals surface area contributed by atoms with E-state index in [-0.39, 0.29) is 21.6 Å². The fourth-order valence-corrected chi connectivity index (χ4v) is 1.89.